The maximum atomic E-state index is 10.6. The average molecular weight is 215 g/mol. The van der Waals surface area contributed by atoms with Gasteiger partial charge < -0.3 is 4.90 Å². The van der Waals surface area contributed by atoms with E-state index in [9.17, 15) is 4.79 Å². The normalized spacial score (nSPS) is 22.1. The summed E-state index contributed by atoms with van der Waals surface area (Å²) in [6.45, 7) is 2.43. The van der Waals surface area contributed by atoms with Crippen molar-refractivity contribution in [2.75, 3.05) is 18.0 Å². The van der Waals surface area contributed by atoms with Crippen LogP contribution < -0.4 is 4.90 Å². The molecular formula is C14H17NO. The van der Waals surface area contributed by atoms with Crippen LogP contribution >= 0.6 is 0 Å². The molecule has 84 valence electrons. The van der Waals surface area contributed by atoms with Crippen molar-refractivity contribution in [2.45, 2.75) is 25.7 Å². The van der Waals surface area contributed by atoms with E-state index in [-0.39, 0.29) is 0 Å². The van der Waals surface area contributed by atoms with Crippen molar-refractivity contribution in [1.82, 2.24) is 0 Å². The van der Waals surface area contributed by atoms with Crippen LogP contribution in [0.15, 0.2) is 24.3 Å². The summed E-state index contributed by atoms with van der Waals surface area (Å²) in [7, 11) is 0. The van der Waals surface area contributed by atoms with Gasteiger partial charge in [0.25, 0.3) is 0 Å². The molecule has 1 aliphatic heterocycles. The number of carbonyl (C=O) groups is 1. The fourth-order valence-electron chi connectivity index (χ4n) is 3.15. The van der Waals surface area contributed by atoms with Gasteiger partial charge in [-0.15, -0.1) is 0 Å². The van der Waals surface area contributed by atoms with Gasteiger partial charge in [-0.25, -0.2) is 0 Å². The van der Waals surface area contributed by atoms with Gasteiger partial charge in [0.15, 0.2) is 0 Å². The van der Waals surface area contributed by atoms with Crippen molar-refractivity contribution in [3.8, 4) is 0 Å². The predicted molar refractivity (Wildman–Crippen MR) is 64.9 cm³/mol. The van der Waals surface area contributed by atoms with Gasteiger partial charge in [-0.2, -0.15) is 0 Å². The number of carbonyl (C=O) groups excluding carboxylic acids is 1. The van der Waals surface area contributed by atoms with E-state index >= 15 is 0 Å². The Bertz CT molecular complexity index is 382. The maximum Gasteiger partial charge on any atom is 0.150 e. The zero-order valence-electron chi connectivity index (χ0n) is 9.48. The van der Waals surface area contributed by atoms with E-state index < -0.39 is 0 Å². The first-order valence-corrected chi connectivity index (χ1v) is 6.12. The molecule has 2 aliphatic rings. The molecule has 1 saturated heterocycles. The topological polar surface area (TPSA) is 20.3 Å². The van der Waals surface area contributed by atoms with Crippen LogP contribution in [0, 0.1) is 5.41 Å². The Balaban J connectivity index is 1.68. The van der Waals surface area contributed by atoms with E-state index in [0.717, 1.165) is 11.8 Å². The van der Waals surface area contributed by atoms with Crippen molar-refractivity contribution in [3.05, 3.63) is 29.8 Å². The Morgan fingerprint density at radius 2 is 1.69 bits per heavy atom. The molecule has 3 rings (SSSR count). The molecule has 0 atom stereocenters. The van der Waals surface area contributed by atoms with Crippen LogP contribution in [0.3, 0.4) is 0 Å². The van der Waals surface area contributed by atoms with Gasteiger partial charge >= 0.3 is 0 Å². The Kier molecular flexibility index (Phi) is 2.23. The van der Waals surface area contributed by atoms with Gasteiger partial charge in [0, 0.05) is 29.8 Å². The molecule has 2 heteroatoms. The molecule has 0 aromatic heterocycles. The van der Waals surface area contributed by atoms with Gasteiger partial charge in [0.2, 0.25) is 0 Å². The Labute approximate surface area is 96.3 Å². The molecule has 1 saturated carbocycles. The minimum atomic E-state index is 0.642. The largest absolute Gasteiger partial charge is 0.370 e. The van der Waals surface area contributed by atoms with E-state index in [0.29, 0.717) is 5.41 Å². The van der Waals surface area contributed by atoms with Gasteiger partial charge in [-0.05, 0) is 37.1 Å². The smallest absolute Gasteiger partial charge is 0.150 e. The summed E-state index contributed by atoms with van der Waals surface area (Å²) in [6.07, 6.45) is 6.56. The second-order valence-corrected chi connectivity index (χ2v) is 5.27. The molecule has 1 spiro atoms. The summed E-state index contributed by atoms with van der Waals surface area (Å²) in [6, 6.07) is 7.93. The van der Waals surface area contributed by atoms with Gasteiger partial charge in [-0.3, -0.25) is 4.79 Å². The number of hydrogen-bond donors (Lipinski definition) is 0. The third-order valence-corrected chi connectivity index (χ3v) is 4.11. The molecule has 2 fully saturated rings. The molecule has 0 unspecified atom stereocenters. The summed E-state index contributed by atoms with van der Waals surface area (Å²) in [4.78, 5) is 13.0. The van der Waals surface area contributed by atoms with Crippen LogP contribution in [-0.4, -0.2) is 19.4 Å². The molecule has 1 heterocycles. The fraction of sp³-hybridized carbons (Fsp3) is 0.500. The number of anilines is 1. The zero-order chi connectivity index (χ0) is 11.0. The van der Waals surface area contributed by atoms with E-state index in [2.05, 4.69) is 17.0 Å². The highest BCUT2D eigenvalue weighted by molar-refractivity contribution is 5.75. The summed E-state index contributed by atoms with van der Waals surface area (Å²) in [5.74, 6) is 0. The number of benzene rings is 1. The molecule has 0 bridgehead atoms. The summed E-state index contributed by atoms with van der Waals surface area (Å²) < 4.78 is 0. The van der Waals surface area contributed by atoms with Crippen molar-refractivity contribution >= 4 is 12.0 Å². The van der Waals surface area contributed by atoms with E-state index in [1.807, 2.05) is 12.1 Å². The number of rotatable bonds is 2. The van der Waals surface area contributed by atoms with Gasteiger partial charge in [0.05, 0.1) is 0 Å². The monoisotopic (exact) mass is 215 g/mol. The quantitative estimate of drug-likeness (QED) is 0.707. The minimum Gasteiger partial charge on any atom is -0.370 e. The third kappa shape index (κ3) is 1.53. The maximum absolute atomic E-state index is 10.6. The first kappa shape index (κ1) is 9.88. The minimum absolute atomic E-state index is 0.642. The molecule has 2 nitrogen and oxygen atoms in total. The highest BCUT2D eigenvalue weighted by Gasteiger charge is 2.44. The predicted octanol–water partition coefficient (Wildman–Crippen LogP) is 2.88. The van der Waals surface area contributed by atoms with Crippen molar-refractivity contribution in [2.24, 2.45) is 5.41 Å². The first-order valence-electron chi connectivity index (χ1n) is 6.12. The molecule has 1 aromatic rings. The number of aldehydes is 1. The second-order valence-electron chi connectivity index (χ2n) is 5.27. The second kappa shape index (κ2) is 3.62. The van der Waals surface area contributed by atoms with Crippen LogP contribution in [0.25, 0.3) is 0 Å². The molecule has 0 N–H and O–H groups in total. The Morgan fingerprint density at radius 3 is 2.25 bits per heavy atom. The summed E-state index contributed by atoms with van der Waals surface area (Å²) >= 11 is 0. The van der Waals surface area contributed by atoms with E-state index in [4.69, 9.17) is 0 Å². The van der Waals surface area contributed by atoms with Crippen LogP contribution in [-0.2, 0) is 0 Å². The van der Waals surface area contributed by atoms with E-state index in [1.165, 1.54) is 44.5 Å². The lowest BCUT2D eigenvalue weighted by atomic mass is 9.78. The van der Waals surface area contributed by atoms with Gasteiger partial charge in [0.1, 0.15) is 6.29 Å². The standard InChI is InChI=1S/C14H17NO/c16-9-12-3-5-13(6-4-12)15-10-14(11-15)7-1-2-8-14/h3-6,9H,1-2,7-8,10-11H2. The number of nitrogens with zero attached hydrogens (tertiary/aromatic N) is 1. The molecule has 0 radical (unpaired) electrons. The highest BCUT2D eigenvalue weighted by atomic mass is 16.1. The molecule has 1 aliphatic carbocycles. The van der Waals surface area contributed by atoms with Crippen LogP contribution in [0.1, 0.15) is 36.0 Å². The average Bonchev–Trinajstić information content (AvgIpc) is 2.76. The SMILES string of the molecule is O=Cc1ccc(N2CC3(CCCC3)C2)cc1. The Morgan fingerprint density at radius 1 is 1.06 bits per heavy atom. The lowest BCUT2D eigenvalue weighted by Crippen LogP contribution is -2.55. The summed E-state index contributed by atoms with van der Waals surface area (Å²) in [5, 5.41) is 0. The fourth-order valence-corrected chi connectivity index (χ4v) is 3.15. The number of hydrogen-bond acceptors (Lipinski definition) is 2. The van der Waals surface area contributed by atoms with Crippen LogP contribution in [0.4, 0.5) is 5.69 Å². The highest BCUT2D eigenvalue weighted by Crippen LogP contribution is 2.46. The zero-order valence-corrected chi connectivity index (χ0v) is 9.48. The lowest BCUT2D eigenvalue weighted by molar-refractivity contribution is 0.112. The van der Waals surface area contributed by atoms with Crippen LogP contribution in [0.2, 0.25) is 0 Å². The third-order valence-electron chi connectivity index (χ3n) is 4.11. The first-order chi connectivity index (χ1) is 7.81. The molecule has 0 amide bonds. The lowest BCUT2D eigenvalue weighted by Gasteiger charge is -2.49. The van der Waals surface area contributed by atoms with E-state index in [1.54, 1.807) is 0 Å². The van der Waals surface area contributed by atoms with Crippen molar-refractivity contribution in [3.63, 3.8) is 0 Å². The van der Waals surface area contributed by atoms with Gasteiger partial charge in [-0.1, -0.05) is 12.8 Å². The molecule has 1 aromatic carbocycles. The summed E-state index contributed by atoms with van der Waals surface area (Å²) in [5.41, 5.74) is 2.67. The molecular weight excluding hydrogens is 198 g/mol. The van der Waals surface area contributed by atoms with Crippen LogP contribution in [0.5, 0.6) is 0 Å². The van der Waals surface area contributed by atoms with Crippen molar-refractivity contribution in [1.29, 1.82) is 0 Å². The van der Waals surface area contributed by atoms with Crippen molar-refractivity contribution < 1.29 is 4.79 Å². The molecule has 16 heavy (non-hydrogen) atoms. The Hall–Kier alpha value is -1.31.